The lowest BCUT2D eigenvalue weighted by molar-refractivity contribution is -0.143. The van der Waals surface area contributed by atoms with E-state index in [2.05, 4.69) is 10.6 Å². The fraction of sp³-hybridized carbons (Fsp3) is 0.630. The van der Waals surface area contributed by atoms with Gasteiger partial charge in [-0.3, -0.25) is 14.4 Å². The quantitative estimate of drug-likeness (QED) is 0.310. The van der Waals surface area contributed by atoms with Crippen molar-refractivity contribution in [3.8, 4) is 5.75 Å². The molecule has 0 aliphatic heterocycles. The van der Waals surface area contributed by atoms with Gasteiger partial charge in [0.25, 0.3) is 0 Å². The maximum absolute atomic E-state index is 14.0. The zero-order chi connectivity index (χ0) is 28.4. The van der Waals surface area contributed by atoms with Crippen LogP contribution in [0.25, 0.3) is 0 Å². The summed E-state index contributed by atoms with van der Waals surface area (Å²) in [5.74, 6) is -1.67. The molecule has 0 saturated heterocycles. The highest BCUT2D eigenvalue weighted by Crippen LogP contribution is 2.27. The third-order valence-corrected chi connectivity index (χ3v) is 5.20. The highest BCUT2D eigenvalue weighted by molar-refractivity contribution is 5.92. The maximum Gasteiger partial charge on any atom is 0.408 e. The third kappa shape index (κ3) is 12.0. The van der Waals surface area contributed by atoms with Gasteiger partial charge < -0.3 is 31.1 Å². The lowest BCUT2D eigenvalue weighted by atomic mass is 9.99. The molecule has 1 rings (SSSR count). The van der Waals surface area contributed by atoms with Gasteiger partial charge in [0.05, 0.1) is 0 Å². The fourth-order valence-electron chi connectivity index (χ4n) is 3.70. The predicted octanol–water partition coefficient (Wildman–Crippen LogP) is 3.53. The van der Waals surface area contributed by atoms with Crippen LogP contribution in [-0.4, -0.2) is 57.5 Å². The Labute approximate surface area is 220 Å². The highest BCUT2D eigenvalue weighted by atomic mass is 16.6. The molecule has 0 aromatic heterocycles. The number of phenolic OH excluding ortho intramolecular Hbond substituents is 1. The number of nitrogens with zero attached hydrogens (tertiary/aromatic N) is 1. The minimum atomic E-state index is -1.16. The molecule has 2 unspecified atom stereocenters. The van der Waals surface area contributed by atoms with Crippen LogP contribution in [0.2, 0.25) is 0 Å². The van der Waals surface area contributed by atoms with E-state index in [1.807, 2.05) is 27.7 Å². The number of nitrogens with one attached hydrogen (secondary N) is 2. The van der Waals surface area contributed by atoms with Crippen molar-refractivity contribution in [2.45, 2.75) is 104 Å². The smallest absolute Gasteiger partial charge is 0.408 e. The van der Waals surface area contributed by atoms with Gasteiger partial charge >= 0.3 is 6.09 Å². The summed E-state index contributed by atoms with van der Waals surface area (Å²) in [4.78, 5) is 53.1. The summed E-state index contributed by atoms with van der Waals surface area (Å²) in [5, 5.41) is 15.6. The molecule has 37 heavy (non-hydrogen) atoms. The predicted molar refractivity (Wildman–Crippen MR) is 142 cm³/mol. The molecule has 0 bridgehead atoms. The molecule has 0 aliphatic carbocycles. The molecular weight excluding hydrogens is 476 g/mol. The number of hydrogen-bond acceptors (Lipinski definition) is 6. The Bertz CT molecular complexity index is 936. The van der Waals surface area contributed by atoms with Crippen molar-refractivity contribution in [3.05, 3.63) is 29.8 Å². The van der Waals surface area contributed by atoms with E-state index in [0.717, 1.165) is 12.8 Å². The molecule has 208 valence electrons. The summed E-state index contributed by atoms with van der Waals surface area (Å²) in [5.41, 5.74) is 4.35. The number of amides is 4. The molecule has 0 radical (unpaired) electrons. The van der Waals surface area contributed by atoms with Crippen molar-refractivity contribution < 1.29 is 29.0 Å². The molecule has 10 heteroatoms. The van der Waals surface area contributed by atoms with Crippen LogP contribution < -0.4 is 16.4 Å². The Kier molecular flexibility index (Phi) is 11.9. The van der Waals surface area contributed by atoms with Crippen LogP contribution in [0.15, 0.2) is 24.3 Å². The first-order valence-corrected chi connectivity index (χ1v) is 12.7. The van der Waals surface area contributed by atoms with E-state index in [1.165, 1.54) is 17.0 Å². The fourth-order valence-corrected chi connectivity index (χ4v) is 3.70. The summed E-state index contributed by atoms with van der Waals surface area (Å²) in [6, 6.07) is 3.92. The Morgan fingerprint density at radius 2 is 1.73 bits per heavy atom. The summed E-state index contributed by atoms with van der Waals surface area (Å²) in [6.07, 6.45) is 1.26. The van der Waals surface area contributed by atoms with Gasteiger partial charge in [-0.25, -0.2) is 4.79 Å². The molecule has 0 saturated carbocycles. The average Bonchev–Trinajstić information content (AvgIpc) is 2.73. The SMILES string of the molecule is CCCCCN(C(=O)C(CCC(N)=O)NC(=O)OC(C)(C)C)C(C(=O)NC(C)(C)C)c1cccc(O)c1. The van der Waals surface area contributed by atoms with Gasteiger partial charge in [0.2, 0.25) is 17.7 Å². The number of carbonyl (C=O) groups excluding carboxylic acids is 4. The maximum atomic E-state index is 14.0. The monoisotopic (exact) mass is 520 g/mol. The molecule has 10 nitrogen and oxygen atoms in total. The van der Waals surface area contributed by atoms with E-state index in [9.17, 15) is 24.3 Å². The first-order valence-electron chi connectivity index (χ1n) is 12.7. The topological polar surface area (TPSA) is 151 Å². The van der Waals surface area contributed by atoms with E-state index in [-0.39, 0.29) is 25.1 Å². The van der Waals surface area contributed by atoms with Gasteiger partial charge in [-0.05, 0) is 72.1 Å². The number of carbonyl (C=O) groups is 4. The van der Waals surface area contributed by atoms with Crippen LogP contribution in [-0.2, 0) is 19.1 Å². The molecule has 0 spiro atoms. The molecule has 1 aromatic rings. The Morgan fingerprint density at radius 1 is 1.08 bits per heavy atom. The first-order chi connectivity index (χ1) is 17.0. The molecule has 5 N–H and O–H groups in total. The minimum absolute atomic E-state index is 0.0517. The standard InChI is InChI=1S/C27H44N4O6/c1-8-9-10-16-31(22(23(34)30-26(2,3)4)18-12-11-13-19(32)17-18)24(35)20(14-15-21(28)33)29-25(36)37-27(5,6)7/h11-13,17,20,22,32H,8-10,14-16H2,1-7H3,(H2,28,33)(H,29,36)(H,30,34). The van der Waals surface area contributed by atoms with Gasteiger partial charge in [0.1, 0.15) is 23.4 Å². The van der Waals surface area contributed by atoms with Crippen molar-refractivity contribution in [1.82, 2.24) is 15.5 Å². The summed E-state index contributed by atoms with van der Waals surface area (Å²) < 4.78 is 5.33. The molecule has 0 fully saturated rings. The van der Waals surface area contributed by atoms with Crippen LogP contribution in [0.5, 0.6) is 5.75 Å². The minimum Gasteiger partial charge on any atom is -0.508 e. The number of unbranched alkanes of at least 4 members (excludes halogenated alkanes) is 2. The van der Waals surface area contributed by atoms with E-state index in [0.29, 0.717) is 12.0 Å². The Morgan fingerprint density at radius 3 is 2.24 bits per heavy atom. The average molecular weight is 521 g/mol. The van der Waals surface area contributed by atoms with Gasteiger partial charge in [0.15, 0.2) is 0 Å². The number of rotatable bonds is 12. The van der Waals surface area contributed by atoms with E-state index >= 15 is 0 Å². The van der Waals surface area contributed by atoms with Crippen molar-refractivity contribution in [1.29, 1.82) is 0 Å². The third-order valence-electron chi connectivity index (χ3n) is 5.20. The number of benzene rings is 1. The normalized spacial score (nSPS) is 13.3. The molecule has 4 amide bonds. The molecule has 2 atom stereocenters. The summed E-state index contributed by atoms with van der Waals surface area (Å²) in [6.45, 7) is 12.8. The van der Waals surface area contributed by atoms with Crippen LogP contribution in [0, 0.1) is 0 Å². The zero-order valence-electron chi connectivity index (χ0n) is 23.2. The molecule has 0 heterocycles. The van der Waals surface area contributed by atoms with Gasteiger partial charge in [-0.1, -0.05) is 31.9 Å². The van der Waals surface area contributed by atoms with Crippen LogP contribution >= 0.6 is 0 Å². The molecular formula is C27H44N4O6. The zero-order valence-corrected chi connectivity index (χ0v) is 23.2. The second kappa shape index (κ2) is 13.9. The number of nitrogens with two attached hydrogens (primary N) is 1. The Hall–Kier alpha value is -3.30. The van der Waals surface area contributed by atoms with Gasteiger partial charge in [0, 0.05) is 18.5 Å². The number of primary amides is 1. The second-order valence-corrected chi connectivity index (χ2v) is 11.2. The van der Waals surface area contributed by atoms with Crippen LogP contribution in [0.4, 0.5) is 4.79 Å². The highest BCUT2D eigenvalue weighted by Gasteiger charge is 2.37. The number of hydrogen-bond donors (Lipinski definition) is 4. The van der Waals surface area contributed by atoms with Crippen molar-refractivity contribution >= 4 is 23.8 Å². The first kappa shape index (κ1) is 31.7. The van der Waals surface area contributed by atoms with Crippen molar-refractivity contribution in [2.24, 2.45) is 5.73 Å². The van der Waals surface area contributed by atoms with E-state index in [4.69, 9.17) is 10.5 Å². The van der Waals surface area contributed by atoms with Crippen molar-refractivity contribution in [2.75, 3.05) is 6.54 Å². The Balaban J connectivity index is 3.53. The van der Waals surface area contributed by atoms with Gasteiger partial charge in [-0.2, -0.15) is 0 Å². The van der Waals surface area contributed by atoms with E-state index in [1.54, 1.807) is 32.9 Å². The largest absolute Gasteiger partial charge is 0.508 e. The second-order valence-electron chi connectivity index (χ2n) is 11.2. The number of phenols is 1. The van der Waals surface area contributed by atoms with Crippen LogP contribution in [0.3, 0.4) is 0 Å². The number of ether oxygens (including phenoxy) is 1. The van der Waals surface area contributed by atoms with Crippen molar-refractivity contribution in [3.63, 3.8) is 0 Å². The number of alkyl carbamates (subject to hydrolysis) is 1. The van der Waals surface area contributed by atoms with E-state index < -0.39 is 47.0 Å². The summed E-state index contributed by atoms with van der Waals surface area (Å²) >= 11 is 0. The molecule has 1 aromatic carbocycles. The lowest BCUT2D eigenvalue weighted by Gasteiger charge is -2.36. The number of aromatic hydroxyl groups is 1. The summed E-state index contributed by atoms with van der Waals surface area (Å²) in [7, 11) is 0. The van der Waals surface area contributed by atoms with Crippen LogP contribution in [0.1, 0.15) is 92.2 Å². The molecule has 0 aliphatic rings. The van der Waals surface area contributed by atoms with Gasteiger partial charge in [-0.15, -0.1) is 0 Å². The lowest BCUT2D eigenvalue weighted by Crippen LogP contribution is -2.55.